The molecule has 102 valence electrons. The monoisotopic (exact) mass is 266 g/mol. The Hall–Kier alpha value is -2.35. The van der Waals surface area contributed by atoms with Crippen molar-refractivity contribution in [1.82, 2.24) is 0 Å². The van der Waals surface area contributed by atoms with Crippen LogP contribution in [0.5, 0.6) is 5.75 Å². The van der Waals surface area contributed by atoms with Crippen LogP contribution in [0, 0.1) is 0 Å². The maximum Gasteiger partial charge on any atom is 0.186 e. The molecular weight excluding hydrogens is 248 g/mol. The number of rotatable bonds is 5. The molecule has 0 aliphatic heterocycles. The van der Waals surface area contributed by atoms with Crippen molar-refractivity contribution in [3.63, 3.8) is 0 Å². The van der Waals surface area contributed by atoms with Crippen LogP contribution in [0.1, 0.15) is 29.3 Å². The van der Waals surface area contributed by atoms with Gasteiger partial charge in [-0.25, -0.2) is 0 Å². The van der Waals surface area contributed by atoms with Crippen LogP contribution < -0.4 is 4.74 Å². The maximum absolute atomic E-state index is 12.3. The molecule has 0 bridgehead atoms. The van der Waals surface area contributed by atoms with Gasteiger partial charge >= 0.3 is 0 Å². The quantitative estimate of drug-likeness (QED) is 0.593. The summed E-state index contributed by atoms with van der Waals surface area (Å²) >= 11 is 0. The molecule has 2 aromatic rings. The van der Waals surface area contributed by atoms with E-state index in [1.54, 1.807) is 37.5 Å². The van der Waals surface area contributed by atoms with Crippen molar-refractivity contribution in [3.05, 3.63) is 71.8 Å². The summed E-state index contributed by atoms with van der Waals surface area (Å²) in [5, 5.41) is 0. The summed E-state index contributed by atoms with van der Waals surface area (Å²) < 4.78 is 5.09. The molecule has 0 unspecified atom stereocenters. The highest BCUT2D eigenvalue weighted by molar-refractivity contribution is 6.08. The van der Waals surface area contributed by atoms with E-state index in [0.717, 1.165) is 23.3 Å². The fraction of sp³-hybridized carbons (Fsp3) is 0.167. The van der Waals surface area contributed by atoms with E-state index in [1.165, 1.54) is 0 Å². The van der Waals surface area contributed by atoms with E-state index in [1.807, 2.05) is 30.3 Å². The van der Waals surface area contributed by atoms with Gasteiger partial charge in [0.15, 0.2) is 5.78 Å². The van der Waals surface area contributed by atoms with Gasteiger partial charge in [-0.1, -0.05) is 37.3 Å². The van der Waals surface area contributed by atoms with Crippen LogP contribution in [0.25, 0.3) is 5.57 Å². The van der Waals surface area contributed by atoms with Gasteiger partial charge < -0.3 is 4.74 Å². The fourth-order valence-corrected chi connectivity index (χ4v) is 2.04. The molecule has 0 saturated carbocycles. The van der Waals surface area contributed by atoms with E-state index >= 15 is 0 Å². The first-order chi connectivity index (χ1) is 9.74. The lowest BCUT2D eigenvalue weighted by Crippen LogP contribution is -1.96. The largest absolute Gasteiger partial charge is 0.497 e. The predicted octanol–water partition coefficient (Wildman–Crippen LogP) is 4.37. The van der Waals surface area contributed by atoms with Crippen molar-refractivity contribution in [1.29, 1.82) is 0 Å². The number of carbonyl (C=O) groups is 1. The third-order valence-electron chi connectivity index (χ3n) is 3.21. The minimum absolute atomic E-state index is 0.0216. The molecule has 0 saturated heterocycles. The number of ether oxygens (including phenoxy) is 1. The first-order valence-electron chi connectivity index (χ1n) is 6.69. The first-order valence-corrected chi connectivity index (χ1v) is 6.69. The highest BCUT2D eigenvalue weighted by Crippen LogP contribution is 2.19. The van der Waals surface area contributed by atoms with Gasteiger partial charge in [0, 0.05) is 5.56 Å². The molecule has 0 radical (unpaired) electrons. The van der Waals surface area contributed by atoms with Gasteiger partial charge in [-0.15, -0.1) is 0 Å². The number of benzene rings is 2. The standard InChI is InChI=1S/C18H18O2/c1-3-14(15-7-5-4-6-8-15)13-18(19)16-9-11-17(20-2)12-10-16/h4-13H,3H2,1-2H3/b14-13+. The minimum atomic E-state index is 0.0216. The van der Waals surface area contributed by atoms with Crippen LogP contribution in [0.4, 0.5) is 0 Å². The summed E-state index contributed by atoms with van der Waals surface area (Å²) in [5.74, 6) is 0.776. The third-order valence-corrected chi connectivity index (χ3v) is 3.21. The van der Waals surface area contributed by atoms with E-state index in [0.29, 0.717) is 5.56 Å². The van der Waals surface area contributed by atoms with Gasteiger partial charge in [-0.2, -0.15) is 0 Å². The number of hydrogen-bond acceptors (Lipinski definition) is 2. The Morgan fingerprint density at radius 3 is 2.20 bits per heavy atom. The van der Waals surface area contributed by atoms with E-state index in [9.17, 15) is 4.79 Å². The van der Waals surface area contributed by atoms with Crippen LogP contribution >= 0.6 is 0 Å². The summed E-state index contributed by atoms with van der Waals surface area (Å²) in [6, 6.07) is 17.2. The Bertz CT molecular complexity index is 595. The number of allylic oxidation sites excluding steroid dienone is 2. The Labute approximate surface area is 119 Å². The lowest BCUT2D eigenvalue weighted by Gasteiger charge is -2.05. The number of hydrogen-bond donors (Lipinski definition) is 0. The molecule has 0 aliphatic rings. The highest BCUT2D eigenvalue weighted by atomic mass is 16.5. The number of methoxy groups -OCH3 is 1. The SMILES string of the molecule is CC/C(=C\C(=O)c1ccc(OC)cc1)c1ccccc1. The molecule has 2 nitrogen and oxygen atoms in total. The van der Waals surface area contributed by atoms with Crippen molar-refractivity contribution in [2.45, 2.75) is 13.3 Å². The van der Waals surface area contributed by atoms with Gasteiger partial charge in [0.1, 0.15) is 5.75 Å². The first kappa shape index (κ1) is 14.1. The second-order valence-electron chi connectivity index (χ2n) is 4.48. The molecule has 0 N–H and O–H groups in total. The van der Waals surface area contributed by atoms with Gasteiger partial charge in [-0.3, -0.25) is 4.79 Å². The molecule has 0 aromatic heterocycles. The van der Waals surface area contributed by atoms with Crippen molar-refractivity contribution < 1.29 is 9.53 Å². The Morgan fingerprint density at radius 1 is 1.00 bits per heavy atom. The highest BCUT2D eigenvalue weighted by Gasteiger charge is 2.06. The summed E-state index contributed by atoms with van der Waals surface area (Å²) in [7, 11) is 1.61. The zero-order valence-electron chi connectivity index (χ0n) is 11.8. The smallest absolute Gasteiger partial charge is 0.186 e. The average molecular weight is 266 g/mol. The molecule has 2 aromatic carbocycles. The van der Waals surface area contributed by atoms with Crippen LogP contribution in [0.2, 0.25) is 0 Å². The molecule has 0 spiro atoms. The Balaban J connectivity index is 2.25. The average Bonchev–Trinajstić information content (AvgIpc) is 2.53. The second kappa shape index (κ2) is 6.71. The molecular formula is C18H18O2. The molecule has 0 fully saturated rings. The molecule has 0 amide bonds. The maximum atomic E-state index is 12.3. The molecule has 0 heterocycles. The molecule has 0 aliphatic carbocycles. The van der Waals surface area contributed by atoms with E-state index in [4.69, 9.17) is 4.74 Å². The van der Waals surface area contributed by atoms with Crippen LogP contribution in [0.15, 0.2) is 60.7 Å². The van der Waals surface area contributed by atoms with Crippen LogP contribution in [-0.2, 0) is 0 Å². The zero-order valence-corrected chi connectivity index (χ0v) is 11.8. The minimum Gasteiger partial charge on any atom is -0.497 e. The van der Waals surface area contributed by atoms with Gasteiger partial charge in [0.2, 0.25) is 0 Å². The van der Waals surface area contributed by atoms with Gasteiger partial charge in [0.25, 0.3) is 0 Å². The zero-order chi connectivity index (χ0) is 14.4. The van der Waals surface area contributed by atoms with Crippen molar-refractivity contribution in [2.24, 2.45) is 0 Å². The normalized spacial score (nSPS) is 11.2. The molecule has 20 heavy (non-hydrogen) atoms. The van der Waals surface area contributed by atoms with Gasteiger partial charge in [-0.05, 0) is 47.9 Å². The third kappa shape index (κ3) is 3.35. The lowest BCUT2D eigenvalue weighted by molar-refractivity contribution is 0.104. The summed E-state index contributed by atoms with van der Waals surface area (Å²) in [5.41, 5.74) is 2.82. The summed E-state index contributed by atoms with van der Waals surface area (Å²) in [6.07, 6.45) is 2.54. The Morgan fingerprint density at radius 2 is 1.65 bits per heavy atom. The van der Waals surface area contributed by atoms with E-state index in [2.05, 4.69) is 6.92 Å². The molecule has 0 atom stereocenters. The lowest BCUT2D eigenvalue weighted by atomic mass is 10.00. The van der Waals surface area contributed by atoms with Crippen molar-refractivity contribution >= 4 is 11.4 Å². The van der Waals surface area contributed by atoms with Crippen molar-refractivity contribution in [2.75, 3.05) is 7.11 Å². The number of ketones is 1. The topological polar surface area (TPSA) is 26.3 Å². The fourth-order valence-electron chi connectivity index (χ4n) is 2.04. The van der Waals surface area contributed by atoms with E-state index in [-0.39, 0.29) is 5.78 Å². The number of carbonyl (C=O) groups excluding carboxylic acids is 1. The second-order valence-corrected chi connectivity index (χ2v) is 4.48. The molecule has 2 rings (SSSR count). The molecule has 2 heteroatoms. The predicted molar refractivity (Wildman–Crippen MR) is 82.0 cm³/mol. The Kier molecular flexibility index (Phi) is 4.72. The van der Waals surface area contributed by atoms with E-state index < -0.39 is 0 Å². The summed E-state index contributed by atoms with van der Waals surface area (Å²) in [6.45, 7) is 2.06. The van der Waals surface area contributed by atoms with Gasteiger partial charge in [0.05, 0.1) is 7.11 Å². The van der Waals surface area contributed by atoms with Crippen LogP contribution in [-0.4, -0.2) is 12.9 Å². The summed E-state index contributed by atoms with van der Waals surface area (Å²) in [4.78, 5) is 12.3. The van der Waals surface area contributed by atoms with Crippen molar-refractivity contribution in [3.8, 4) is 5.75 Å². The van der Waals surface area contributed by atoms with Crippen LogP contribution in [0.3, 0.4) is 0 Å².